The van der Waals surface area contributed by atoms with E-state index in [9.17, 15) is 14.9 Å². The summed E-state index contributed by atoms with van der Waals surface area (Å²) >= 11 is 7.32. The van der Waals surface area contributed by atoms with Crippen LogP contribution < -0.4 is 10.6 Å². The van der Waals surface area contributed by atoms with E-state index in [2.05, 4.69) is 16.7 Å². The lowest BCUT2D eigenvalue weighted by atomic mass is 9.82. The Morgan fingerprint density at radius 3 is 2.42 bits per heavy atom. The van der Waals surface area contributed by atoms with Gasteiger partial charge in [0, 0.05) is 16.4 Å². The van der Waals surface area contributed by atoms with Gasteiger partial charge in [-0.15, -0.1) is 0 Å². The van der Waals surface area contributed by atoms with E-state index in [0.29, 0.717) is 26.9 Å². The van der Waals surface area contributed by atoms with Crippen LogP contribution in [0.15, 0.2) is 64.3 Å². The Morgan fingerprint density at radius 2 is 1.81 bits per heavy atom. The molecule has 188 valence electrons. The van der Waals surface area contributed by atoms with Crippen molar-refractivity contribution in [1.82, 2.24) is 5.32 Å². The molecule has 1 atom stereocenters. The van der Waals surface area contributed by atoms with Crippen molar-refractivity contribution in [3.05, 3.63) is 86.0 Å². The highest BCUT2D eigenvalue weighted by molar-refractivity contribution is 8.03. The summed E-state index contributed by atoms with van der Waals surface area (Å²) in [6.07, 6.45) is 0. The summed E-state index contributed by atoms with van der Waals surface area (Å²) in [5, 5.41) is 17.4. The quantitative estimate of drug-likeness (QED) is 0.428. The molecule has 0 fully saturated rings. The first-order chi connectivity index (χ1) is 16.9. The molecule has 2 aromatic rings. The zero-order valence-corrected chi connectivity index (χ0v) is 22.9. The van der Waals surface area contributed by atoms with Gasteiger partial charge >= 0.3 is 5.97 Å². The van der Waals surface area contributed by atoms with Crippen molar-refractivity contribution in [2.24, 2.45) is 0 Å². The number of esters is 1. The van der Waals surface area contributed by atoms with Gasteiger partial charge < -0.3 is 15.4 Å². The van der Waals surface area contributed by atoms with Gasteiger partial charge in [0.25, 0.3) is 0 Å². The Hall–Kier alpha value is -3.21. The number of amides is 1. The van der Waals surface area contributed by atoms with E-state index in [0.717, 1.165) is 22.4 Å². The maximum atomic E-state index is 13.2. The molecule has 3 rings (SSSR count). The highest BCUT2D eigenvalue weighted by Gasteiger charge is 2.37. The molecule has 1 heterocycles. The van der Waals surface area contributed by atoms with E-state index >= 15 is 0 Å². The fourth-order valence-electron chi connectivity index (χ4n) is 3.83. The van der Waals surface area contributed by atoms with Gasteiger partial charge in [-0.3, -0.25) is 4.79 Å². The van der Waals surface area contributed by atoms with Crippen LogP contribution in [0.2, 0.25) is 5.02 Å². The predicted octanol–water partition coefficient (Wildman–Crippen LogP) is 6.37. The van der Waals surface area contributed by atoms with Crippen LogP contribution in [-0.2, 0) is 14.3 Å². The Bertz CT molecular complexity index is 1280. The van der Waals surface area contributed by atoms with Gasteiger partial charge in [-0.25, -0.2) is 4.79 Å². The lowest BCUT2D eigenvalue weighted by Gasteiger charge is -2.31. The van der Waals surface area contributed by atoms with E-state index < -0.39 is 17.5 Å². The molecule has 0 radical (unpaired) electrons. The van der Waals surface area contributed by atoms with Crippen molar-refractivity contribution in [3.63, 3.8) is 0 Å². The van der Waals surface area contributed by atoms with Gasteiger partial charge in [0.15, 0.2) is 0 Å². The molecular formula is C28H30ClN3O3S. The number of nitriles is 1. The number of thioether (sulfide) groups is 1. The summed E-state index contributed by atoms with van der Waals surface area (Å²) in [5.74, 6) is -1.27. The molecule has 0 unspecified atom stereocenters. The summed E-state index contributed by atoms with van der Waals surface area (Å²) in [4.78, 5) is 26.0. The van der Waals surface area contributed by atoms with Crippen LogP contribution in [0.1, 0.15) is 50.3 Å². The summed E-state index contributed by atoms with van der Waals surface area (Å²) in [7, 11) is 0. The first-order valence-corrected chi connectivity index (χ1v) is 12.9. The minimum absolute atomic E-state index is 0.0866. The number of carbonyl (C=O) groups excluding carboxylic acids is 2. The second kappa shape index (κ2) is 11.2. The zero-order valence-electron chi connectivity index (χ0n) is 21.3. The summed E-state index contributed by atoms with van der Waals surface area (Å²) < 4.78 is 5.67. The SMILES string of the molecule is CC1=C(C(=O)OC(C)(C)C)[C@H](c2ccc(Cl)cc2)C(C#N)=C(SCC(=O)Nc2cccc(C)c2C)N1. The number of dihydropyridines is 1. The fraction of sp³-hybridized carbons (Fsp3) is 0.321. The number of rotatable bonds is 6. The van der Waals surface area contributed by atoms with Gasteiger partial charge in [-0.05, 0) is 76.4 Å². The van der Waals surface area contributed by atoms with Crippen LogP contribution in [0, 0.1) is 25.2 Å². The average molecular weight is 524 g/mol. The normalized spacial score (nSPS) is 15.8. The number of aryl methyl sites for hydroxylation is 1. The number of halogens is 1. The Kier molecular flexibility index (Phi) is 8.55. The first-order valence-electron chi connectivity index (χ1n) is 11.5. The van der Waals surface area contributed by atoms with E-state index in [4.69, 9.17) is 16.3 Å². The van der Waals surface area contributed by atoms with Crippen LogP contribution in [0.25, 0.3) is 0 Å². The summed E-state index contributed by atoms with van der Waals surface area (Å²) in [6.45, 7) is 11.1. The van der Waals surface area contributed by atoms with Gasteiger partial charge in [0.2, 0.25) is 5.91 Å². The third kappa shape index (κ3) is 6.51. The topological polar surface area (TPSA) is 91.2 Å². The average Bonchev–Trinajstić information content (AvgIpc) is 2.79. The molecule has 0 aromatic heterocycles. The number of hydrogen-bond donors (Lipinski definition) is 2. The van der Waals surface area contributed by atoms with Crippen LogP contribution >= 0.6 is 23.4 Å². The maximum absolute atomic E-state index is 13.2. The molecular weight excluding hydrogens is 494 g/mol. The van der Waals surface area contributed by atoms with Gasteiger partial charge in [-0.2, -0.15) is 5.26 Å². The number of nitrogens with zero attached hydrogens (tertiary/aromatic N) is 1. The Morgan fingerprint density at radius 1 is 1.14 bits per heavy atom. The molecule has 1 aliphatic heterocycles. The third-order valence-electron chi connectivity index (χ3n) is 5.70. The molecule has 0 spiro atoms. The number of anilines is 1. The molecule has 2 aromatic carbocycles. The van der Waals surface area contributed by atoms with E-state index in [-0.39, 0.29) is 11.7 Å². The molecule has 0 aliphatic carbocycles. The number of nitrogens with one attached hydrogen (secondary N) is 2. The predicted molar refractivity (Wildman–Crippen MR) is 146 cm³/mol. The van der Waals surface area contributed by atoms with Crippen LogP contribution in [0.5, 0.6) is 0 Å². The van der Waals surface area contributed by atoms with Crippen LogP contribution in [-0.4, -0.2) is 23.2 Å². The van der Waals surface area contributed by atoms with Crippen LogP contribution in [0.4, 0.5) is 5.69 Å². The lowest BCUT2D eigenvalue weighted by Crippen LogP contribution is -2.32. The molecule has 0 bridgehead atoms. The van der Waals surface area contributed by atoms with Crippen LogP contribution in [0.3, 0.4) is 0 Å². The van der Waals surface area contributed by atoms with Crippen molar-refractivity contribution in [2.45, 2.75) is 53.1 Å². The molecule has 0 saturated carbocycles. The number of carbonyl (C=O) groups is 2. The highest BCUT2D eigenvalue weighted by atomic mass is 35.5. The van der Waals surface area contributed by atoms with E-state index in [1.165, 1.54) is 11.8 Å². The van der Waals surface area contributed by atoms with Gasteiger partial charge in [0.1, 0.15) is 5.60 Å². The standard InChI is InChI=1S/C28H30ClN3O3S/c1-16-8-7-9-22(17(16)2)32-23(33)15-36-26-21(14-30)25(19-10-12-20(29)13-11-19)24(18(3)31-26)27(34)35-28(4,5)6/h7-13,25,31H,15H2,1-6H3,(H,32,33)/t25-/m1/s1. The molecule has 2 N–H and O–H groups in total. The zero-order chi connectivity index (χ0) is 26.6. The second-order valence-electron chi connectivity index (χ2n) is 9.59. The number of ether oxygens (including phenoxy) is 1. The molecule has 0 saturated heterocycles. The minimum Gasteiger partial charge on any atom is -0.457 e. The summed E-state index contributed by atoms with van der Waals surface area (Å²) in [6, 6.07) is 15.0. The van der Waals surface area contributed by atoms with Gasteiger partial charge in [-0.1, -0.05) is 47.6 Å². The number of hydrogen-bond acceptors (Lipinski definition) is 6. The smallest absolute Gasteiger partial charge is 0.337 e. The first kappa shape index (κ1) is 27.4. The van der Waals surface area contributed by atoms with Crippen molar-refractivity contribution >= 4 is 40.9 Å². The largest absolute Gasteiger partial charge is 0.457 e. The minimum atomic E-state index is -0.702. The van der Waals surface area contributed by atoms with Crippen molar-refractivity contribution in [2.75, 3.05) is 11.1 Å². The lowest BCUT2D eigenvalue weighted by molar-refractivity contribution is -0.150. The van der Waals surface area contributed by atoms with Crippen molar-refractivity contribution in [3.8, 4) is 6.07 Å². The monoisotopic (exact) mass is 523 g/mol. The molecule has 1 amide bonds. The Labute approximate surface area is 221 Å². The fourth-order valence-corrected chi connectivity index (χ4v) is 4.85. The number of benzene rings is 2. The van der Waals surface area contributed by atoms with E-state index in [1.807, 2.05) is 32.0 Å². The molecule has 36 heavy (non-hydrogen) atoms. The van der Waals surface area contributed by atoms with Gasteiger partial charge in [0.05, 0.1) is 33.9 Å². The van der Waals surface area contributed by atoms with Crippen molar-refractivity contribution < 1.29 is 14.3 Å². The van der Waals surface area contributed by atoms with Crippen molar-refractivity contribution in [1.29, 1.82) is 5.26 Å². The Balaban J connectivity index is 1.92. The highest BCUT2D eigenvalue weighted by Crippen LogP contribution is 2.41. The van der Waals surface area contributed by atoms with E-state index in [1.54, 1.807) is 52.0 Å². The molecule has 1 aliphatic rings. The molecule has 6 nitrogen and oxygen atoms in total. The summed E-state index contributed by atoms with van der Waals surface area (Å²) in [5.41, 5.74) is 4.15. The maximum Gasteiger partial charge on any atom is 0.337 e. The second-order valence-corrected chi connectivity index (χ2v) is 11.0. The molecule has 8 heteroatoms. The third-order valence-corrected chi connectivity index (χ3v) is 6.97. The number of allylic oxidation sites excluding steroid dienone is 2.